The number of carbonyl (C=O) groups excluding carboxylic acids is 4. The third kappa shape index (κ3) is 9.66. The fraction of sp³-hybridized carbons (Fsp3) is 0.520. The Balaban J connectivity index is 3.19. The Morgan fingerprint density at radius 1 is 1.14 bits per heavy atom. The number of aliphatic hydroxyl groups excluding tert-OH is 1. The van der Waals surface area contributed by atoms with E-state index in [1.165, 1.54) is 4.90 Å². The van der Waals surface area contributed by atoms with Gasteiger partial charge in [0.2, 0.25) is 11.8 Å². The van der Waals surface area contributed by atoms with Crippen molar-refractivity contribution in [2.24, 2.45) is 0 Å². The van der Waals surface area contributed by atoms with Gasteiger partial charge in [0.25, 0.3) is 0 Å². The summed E-state index contributed by atoms with van der Waals surface area (Å²) in [5, 5.41) is 14.8. The summed E-state index contributed by atoms with van der Waals surface area (Å²) in [5.41, 5.74) is 0.240. The predicted molar refractivity (Wildman–Crippen MR) is 129 cm³/mol. The average molecular weight is 490 g/mol. The fourth-order valence-electron chi connectivity index (χ4n) is 3.15. The summed E-state index contributed by atoms with van der Waals surface area (Å²) in [6, 6.07) is 4.05. The highest BCUT2D eigenvalue weighted by Crippen LogP contribution is 2.23. The van der Waals surface area contributed by atoms with Crippen LogP contribution in [-0.4, -0.2) is 71.8 Å². The molecule has 35 heavy (non-hydrogen) atoms. The number of amides is 3. The summed E-state index contributed by atoms with van der Waals surface area (Å²) < 4.78 is 10.0. The van der Waals surface area contributed by atoms with Crippen molar-refractivity contribution < 1.29 is 33.8 Å². The van der Waals surface area contributed by atoms with Crippen molar-refractivity contribution in [3.63, 3.8) is 0 Å². The Kier molecular flexibility index (Phi) is 11.8. The Hall–Kier alpha value is -3.58. The quantitative estimate of drug-likeness (QED) is 0.317. The third-order valence-corrected chi connectivity index (χ3v) is 4.68. The third-order valence-electron chi connectivity index (χ3n) is 4.68. The number of esters is 1. The van der Waals surface area contributed by atoms with Gasteiger partial charge in [-0.05, 0) is 52.3 Å². The van der Waals surface area contributed by atoms with E-state index < -0.39 is 48.2 Å². The first-order chi connectivity index (χ1) is 16.5. The monoisotopic (exact) mass is 489 g/mol. The number of carbonyl (C=O) groups is 4. The van der Waals surface area contributed by atoms with Crippen LogP contribution in [0.25, 0.3) is 0 Å². The van der Waals surface area contributed by atoms with Crippen LogP contribution in [0.5, 0.6) is 0 Å². The summed E-state index contributed by atoms with van der Waals surface area (Å²) in [6.07, 6.45) is 4.50. The van der Waals surface area contributed by atoms with Crippen LogP contribution >= 0.6 is 0 Å². The van der Waals surface area contributed by atoms with Crippen LogP contribution in [0, 0.1) is 12.3 Å². The minimum absolute atomic E-state index is 0.00192. The molecule has 3 amide bonds. The molecule has 2 unspecified atom stereocenters. The van der Waals surface area contributed by atoms with Gasteiger partial charge in [-0.1, -0.05) is 18.1 Å². The van der Waals surface area contributed by atoms with Gasteiger partial charge in [-0.2, -0.15) is 0 Å². The lowest BCUT2D eigenvalue weighted by atomic mass is 10.0. The molecule has 2 atom stereocenters. The first kappa shape index (κ1) is 29.5. The van der Waals surface area contributed by atoms with Crippen molar-refractivity contribution in [2.45, 2.75) is 58.7 Å². The van der Waals surface area contributed by atoms with E-state index in [4.69, 9.17) is 15.9 Å². The summed E-state index contributed by atoms with van der Waals surface area (Å²) in [6.45, 7) is 7.93. The van der Waals surface area contributed by atoms with Crippen molar-refractivity contribution in [3.8, 4) is 12.3 Å². The predicted octanol–water partition coefficient (Wildman–Crippen LogP) is 1.51. The Morgan fingerprint density at radius 2 is 1.77 bits per heavy atom. The molecule has 0 fully saturated rings. The number of hydrogen-bond donors (Lipinski definition) is 3. The van der Waals surface area contributed by atoms with Crippen molar-refractivity contribution in [2.75, 3.05) is 26.3 Å². The molecule has 10 heteroatoms. The molecule has 1 aromatic rings. The number of terminal acetylenes is 1. The lowest BCUT2D eigenvalue weighted by Crippen LogP contribution is -2.54. The number of nitrogens with one attached hydrogen (secondary N) is 2. The molecule has 0 radical (unpaired) electrons. The number of alkyl carbamates (subject to hydrolysis) is 1. The number of ether oxygens (including phenoxy) is 2. The highest BCUT2D eigenvalue weighted by Gasteiger charge is 2.35. The first-order valence-corrected chi connectivity index (χ1v) is 11.4. The Bertz CT molecular complexity index is 916. The molecule has 0 spiro atoms. The minimum atomic E-state index is -1.34. The molecular formula is C25H35N3O7. The fourth-order valence-corrected chi connectivity index (χ4v) is 3.15. The van der Waals surface area contributed by atoms with Crippen LogP contribution in [0.2, 0.25) is 0 Å². The second-order valence-corrected chi connectivity index (χ2v) is 8.52. The van der Waals surface area contributed by atoms with Gasteiger partial charge in [0, 0.05) is 18.7 Å². The molecule has 0 aromatic heterocycles. The maximum atomic E-state index is 13.3. The van der Waals surface area contributed by atoms with Gasteiger partial charge in [-0.3, -0.25) is 14.4 Å². The van der Waals surface area contributed by atoms with E-state index in [0.717, 1.165) is 0 Å². The van der Waals surface area contributed by atoms with E-state index in [2.05, 4.69) is 16.6 Å². The van der Waals surface area contributed by atoms with Crippen LogP contribution in [-0.2, 0) is 23.9 Å². The number of rotatable bonds is 11. The van der Waals surface area contributed by atoms with Gasteiger partial charge < -0.3 is 30.1 Å². The number of nitrogens with zero attached hydrogens (tertiary/aromatic N) is 1. The van der Waals surface area contributed by atoms with Crippen LogP contribution in [0.4, 0.5) is 4.79 Å². The van der Waals surface area contributed by atoms with Gasteiger partial charge in [-0.25, -0.2) is 4.79 Å². The van der Waals surface area contributed by atoms with Crippen molar-refractivity contribution in [1.29, 1.82) is 0 Å². The molecule has 0 aliphatic carbocycles. The van der Waals surface area contributed by atoms with E-state index in [0.29, 0.717) is 11.1 Å². The normalized spacial score (nSPS) is 12.5. The van der Waals surface area contributed by atoms with Crippen molar-refractivity contribution >= 4 is 23.9 Å². The first-order valence-electron chi connectivity index (χ1n) is 11.4. The molecule has 0 heterocycles. The molecule has 10 nitrogen and oxygen atoms in total. The SMILES string of the molecule is C#Cc1ccc(C(C(=O)NCCC(=O)OCC)N(CC)C(=O)C(CO)NC(=O)OC(C)(C)C)cc1. The largest absolute Gasteiger partial charge is 0.466 e. The van der Waals surface area contributed by atoms with E-state index in [-0.39, 0.29) is 26.1 Å². The molecule has 0 aliphatic rings. The summed E-state index contributed by atoms with van der Waals surface area (Å²) in [7, 11) is 0. The number of likely N-dealkylation sites (N-methyl/N-ethyl adjacent to an activating group) is 1. The highest BCUT2D eigenvalue weighted by atomic mass is 16.6. The van der Waals surface area contributed by atoms with E-state index in [1.807, 2.05) is 0 Å². The van der Waals surface area contributed by atoms with Gasteiger partial charge in [0.15, 0.2) is 0 Å². The molecule has 0 saturated carbocycles. The van der Waals surface area contributed by atoms with Gasteiger partial charge in [0.05, 0.1) is 19.6 Å². The topological polar surface area (TPSA) is 134 Å². The van der Waals surface area contributed by atoms with Crippen LogP contribution in [0.1, 0.15) is 58.2 Å². The molecule has 1 rings (SSSR count). The van der Waals surface area contributed by atoms with E-state index >= 15 is 0 Å². The van der Waals surface area contributed by atoms with Gasteiger partial charge in [0.1, 0.15) is 17.7 Å². The number of aliphatic hydroxyl groups is 1. The highest BCUT2D eigenvalue weighted by molar-refractivity contribution is 5.92. The zero-order valence-corrected chi connectivity index (χ0v) is 20.9. The lowest BCUT2D eigenvalue weighted by Gasteiger charge is -2.33. The van der Waals surface area contributed by atoms with Crippen molar-refractivity contribution in [1.82, 2.24) is 15.5 Å². The smallest absolute Gasteiger partial charge is 0.408 e. The Labute approximate surface area is 206 Å². The van der Waals surface area contributed by atoms with Gasteiger partial charge in [-0.15, -0.1) is 6.42 Å². The second kappa shape index (κ2) is 14.0. The standard InChI is InChI=1S/C25H35N3O7/c1-7-17-10-12-18(13-11-17)21(22(31)26-15-14-20(30)34-9-3)28(8-2)23(32)19(16-29)27-24(33)35-25(4,5)6/h1,10-13,19,21,29H,8-9,14-16H2,2-6H3,(H,26,31)(H,27,33). The van der Waals surface area contributed by atoms with Crippen LogP contribution in [0.15, 0.2) is 24.3 Å². The minimum Gasteiger partial charge on any atom is -0.466 e. The molecular weight excluding hydrogens is 454 g/mol. The summed E-state index contributed by atoms with van der Waals surface area (Å²) in [4.78, 5) is 51.6. The van der Waals surface area contributed by atoms with Gasteiger partial charge >= 0.3 is 12.1 Å². The summed E-state index contributed by atoms with van der Waals surface area (Å²) >= 11 is 0. The Morgan fingerprint density at radius 3 is 2.26 bits per heavy atom. The molecule has 0 aliphatic heterocycles. The van der Waals surface area contributed by atoms with E-state index in [1.54, 1.807) is 58.9 Å². The zero-order valence-electron chi connectivity index (χ0n) is 20.9. The number of benzene rings is 1. The molecule has 0 bridgehead atoms. The lowest BCUT2D eigenvalue weighted by molar-refractivity contribution is -0.144. The molecule has 192 valence electrons. The second-order valence-electron chi connectivity index (χ2n) is 8.52. The van der Waals surface area contributed by atoms with Crippen molar-refractivity contribution in [3.05, 3.63) is 35.4 Å². The maximum absolute atomic E-state index is 13.3. The number of hydrogen-bond acceptors (Lipinski definition) is 7. The average Bonchev–Trinajstić information content (AvgIpc) is 2.79. The van der Waals surface area contributed by atoms with Crippen LogP contribution < -0.4 is 10.6 Å². The zero-order chi connectivity index (χ0) is 26.6. The van der Waals surface area contributed by atoms with Crippen LogP contribution in [0.3, 0.4) is 0 Å². The molecule has 1 aromatic carbocycles. The molecule has 3 N–H and O–H groups in total. The van der Waals surface area contributed by atoms with E-state index in [9.17, 15) is 24.3 Å². The maximum Gasteiger partial charge on any atom is 0.408 e. The molecule has 0 saturated heterocycles. The summed E-state index contributed by atoms with van der Waals surface area (Å²) in [5.74, 6) is 0.786.